The summed E-state index contributed by atoms with van der Waals surface area (Å²) in [5.74, 6) is 5.88. The van der Waals surface area contributed by atoms with E-state index in [4.69, 9.17) is 15.7 Å². The number of anilines is 1. The zero-order valence-corrected chi connectivity index (χ0v) is 32.6. The number of nitrogens with two attached hydrogens (primary N) is 1. The number of aliphatic imine (C=N–C) groups is 1. The Morgan fingerprint density at radius 3 is 2.58 bits per heavy atom. The molecule has 3 atom stereocenters. The molecular weight excluding hydrogens is 721 g/mol. The van der Waals surface area contributed by atoms with Gasteiger partial charge in [0.2, 0.25) is 6.17 Å². The van der Waals surface area contributed by atoms with Crippen LogP contribution in [0.2, 0.25) is 0 Å². The third-order valence-electron chi connectivity index (χ3n) is 9.59. The van der Waals surface area contributed by atoms with Crippen LogP contribution >= 0.6 is 36.1 Å². The molecule has 0 saturated carbocycles. The van der Waals surface area contributed by atoms with Crippen LogP contribution in [0.5, 0.6) is 0 Å². The van der Waals surface area contributed by atoms with Crippen molar-refractivity contribution in [3.05, 3.63) is 108 Å². The normalized spacial score (nSPS) is 23.1. The number of rotatable bonds is 17. The van der Waals surface area contributed by atoms with Gasteiger partial charge in [-0.05, 0) is 79.4 Å². The SMILES string of the molecule is C=C/C=C(\C=C/C1(C)/C(=C\C=C\C2=NC3C(=CC(C(=O)N(C)OC)=C[NH+]3CCCSO)C2(C)C)N(CCCSO)c2ccc(SO)cc21)C(=O)NN. The Labute approximate surface area is 319 Å². The minimum atomic E-state index is -0.755. The van der Waals surface area contributed by atoms with Crippen molar-refractivity contribution in [2.24, 2.45) is 16.3 Å². The number of nitrogens with one attached hydrogen (secondary N) is 2. The lowest BCUT2D eigenvalue weighted by atomic mass is 9.78. The summed E-state index contributed by atoms with van der Waals surface area (Å²) in [6.07, 6.45) is 17.8. The Balaban J connectivity index is 1.81. The van der Waals surface area contributed by atoms with Crippen molar-refractivity contribution in [2.45, 2.75) is 50.1 Å². The maximum Gasteiger partial charge on any atom is 0.282 e. The molecule has 7 N–H and O–H groups in total. The van der Waals surface area contributed by atoms with Gasteiger partial charge in [-0.2, -0.15) is 0 Å². The van der Waals surface area contributed by atoms with Crippen molar-refractivity contribution >= 4 is 59.3 Å². The standard InChI is InChI=1S/C37H48N6O6S3/c1-7-11-25(34(44)40-38)16-17-37(4)28-23-27(52-48)14-15-30(28)43(19-10-21-51-47)32(37)13-8-12-31-36(2,3)29-22-26(35(45)41(5)49-6)24-42(33(29)39-31)18-9-20-50-46/h7-8,11-17,22-24,33,46-48H,1,9-10,18-21,38H2,2-6H3,(H,40,44)/p+1/b12-8+,17-16-,25-11+,32-13+. The van der Waals surface area contributed by atoms with Gasteiger partial charge in [0.25, 0.3) is 11.8 Å². The van der Waals surface area contributed by atoms with Crippen LogP contribution in [-0.2, 0) is 19.8 Å². The number of hydroxylamine groups is 2. The fourth-order valence-corrected chi connectivity index (χ4v) is 7.55. The zero-order chi connectivity index (χ0) is 38.1. The van der Waals surface area contributed by atoms with Crippen LogP contribution in [0, 0.1) is 5.41 Å². The number of nitrogens with zero attached hydrogens (tertiary/aromatic N) is 3. The topological polar surface area (TPSA) is 165 Å². The Kier molecular flexibility index (Phi) is 14.8. The van der Waals surface area contributed by atoms with E-state index >= 15 is 0 Å². The molecule has 3 unspecified atom stereocenters. The minimum absolute atomic E-state index is 0.232. The number of hydrogen-bond donors (Lipinski definition) is 6. The summed E-state index contributed by atoms with van der Waals surface area (Å²) in [6.45, 7) is 11.3. The van der Waals surface area contributed by atoms with Gasteiger partial charge in [0.1, 0.15) is 6.20 Å². The number of likely N-dealkylation sites (N-methyl/N-ethyl adjacent to an activating group) is 1. The highest BCUT2D eigenvalue weighted by molar-refractivity contribution is 7.94. The number of benzene rings is 1. The van der Waals surface area contributed by atoms with Crippen molar-refractivity contribution in [3.63, 3.8) is 0 Å². The van der Waals surface area contributed by atoms with Gasteiger partial charge in [-0.1, -0.05) is 50.8 Å². The number of allylic oxidation sites excluding steroid dienone is 6. The van der Waals surface area contributed by atoms with Gasteiger partial charge >= 0.3 is 0 Å². The molecule has 4 rings (SSSR count). The van der Waals surface area contributed by atoms with Gasteiger partial charge in [0.15, 0.2) is 0 Å². The molecule has 12 nitrogen and oxygen atoms in total. The van der Waals surface area contributed by atoms with Crippen LogP contribution in [0.1, 0.15) is 39.2 Å². The maximum absolute atomic E-state index is 13.2. The van der Waals surface area contributed by atoms with E-state index in [0.29, 0.717) is 59.1 Å². The fraction of sp³-hybridized carbons (Fsp3) is 0.378. The summed E-state index contributed by atoms with van der Waals surface area (Å²) in [5.41, 5.74) is 6.44. The van der Waals surface area contributed by atoms with Gasteiger partial charge < -0.3 is 18.6 Å². The Hall–Kier alpha value is -3.38. The molecule has 15 heteroatoms. The summed E-state index contributed by atoms with van der Waals surface area (Å²) < 4.78 is 28.9. The number of hydrazine groups is 1. The van der Waals surface area contributed by atoms with Gasteiger partial charge in [-0.25, -0.2) is 15.9 Å². The van der Waals surface area contributed by atoms with E-state index in [9.17, 15) is 23.2 Å². The fourth-order valence-electron chi connectivity index (χ4n) is 6.72. The first-order valence-corrected chi connectivity index (χ1v) is 19.4. The predicted octanol–water partition coefficient (Wildman–Crippen LogP) is 5.16. The van der Waals surface area contributed by atoms with E-state index < -0.39 is 16.7 Å². The minimum Gasteiger partial charge on any atom is -0.344 e. The summed E-state index contributed by atoms with van der Waals surface area (Å²) in [7, 11) is 3.03. The molecule has 1 aromatic carbocycles. The molecule has 52 heavy (non-hydrogen) atoms. The number of amides is 2. The molecule has 0 saturated heterocycles. The smallest absolute Gasteiger partial charge is 0.282 e. The van der Waals surface area contributed by atoms with Crippen LogP contribution in [0.3, 0.4) is 0 Å². The van der Waals surface area contributed by atoms with E-state index in [-0.39, 0.29) is 12.1 Å². The summed E-state index contributed by atoms with van der Waals surface area (Å²) >= 11 is 2.27. The Bertz CT molecular complexity index is 1740. The Morgan fingerprint density at radius 1 is 1.19 bits per heavy atom. The monoisotopic (exact) mass is 769 g/mol. The lowest BCUT2D eigenvalue weighted by Crippen LogP contribution is -3.12. The van der Waals surface area contributed by atoms with E-state index in [1.807, 2.05) is 54.8 Å². The Morgan fingerprint density at radius 2 is 1.92 bits per heavy atom. The van der Waals surface area contributed by atoms with Crippen LogP contribution < -0.4 is 21.1 Å². The first kappa shape index (κ1) is 41.4. The van der Waals surface area contributed by atoms with E-state index in [1.165, 1.54) is 18.2 Å². The molecular formula is C37H49N6O6S3+. The van der Waals surface area contributed by atoms with Gasteiger partial charge in [-0.3, -0.25) is 24.8 Å². The average Bonchev–Trinajstić information content (AvgIpc) is 3.54. The molecule has 0 aliphatic carbocycles. The molecule has 0 spiro atoms. The largest absolute Gasteiger partial charge is 0.344 e. The maximum atomic E-state index is 13.2. The molecule has 0 aromatic heterocycles. The quantitative estimate of drug-likeness (QED) is 0.0236. The van der Waals surface area contributed by atoms with Crippen LogP contribution in [0.4, 0.5) is 5.69 Å². The summed E-state index contributed by atoms with van der Waals surface area (Å²) in [5, 5.41) is 1.21. The highest BCUT2D eigenvalue weighted by atomic mass is 32.2. The summed E-state index contributed by atoms with van der Waals surface area (Å²) in [4.78, 5) is 40.1. The van der Waals surface area contributed by atoms with Crippen molar-refractivity contribution in [1.82, 2.24) is 10.5 Å². The molecule has 0 bridgehead atoms. The van der Waals surface area contributed by atoms with E-state index in [0.717, 1.165) is 63.6 Å². The van der Waals surface area contributed by atoms with E-state index in [2.05, 4.69) is 37.7 Å². The third kappa shape index (κ3) is 8.86. The van der Waals surface area contributed by atoms with Crippen LogP contribution in [-0.4, -0.2) is 81.2 Å². The van der Waals surface area contributed by atoms with Crippen LogP contribution in [0.15, 0.2) is 112 Å². The third-order valence-corrected chi connectivity index (χ3v) is 11.0. The second kappa shape index (κ2) is 18.6. The lowest BCUT2D eigenvalue weighted by molar-refractivity contribution is -0.868. The van der Waals surface area contributed by atoms with Crippen molar-refractivity contribution in [2.75, 3.05) is 43.7 Å². The molecule has 3 aliphatic rings. The zero-order valence-electron chi connectivity index (χ0n) is 30.2. The van der Waals surface area contributed by atoms with Gasteiger partial charge in [0, 0.05) is 76.4 Å². The molecule has 3 aliphatic heterocycles. The second-order valence-corrected chi connectivity index (χ2v) is 15.1. The first-order chi connectivity index (χ1) is 24.9. The highest BCUT2D eigenvalue weighted by Gasteiger charge is 2.47. The molecule has 0 fully saturated rings. The molecule has 0 radical (unpaired) electrons. The molecule has 2 amide bonds. The number of carbonyl (C=O) groups is 2. The van der Waals surface area contributed by atoms with Crippen molar-refractivity contribution in [1.29, 1.82) is 0 Å². The van der Waals surface area contributed by atoms with Crippen molar-refractivity contribution < 1.29 is 33.0 Å². The summed E-state index contributed by atoms with van der Waals surface area (Å²) in [6, 6.07) is 5.79. The number of quaternary nitrogens is 1. The average molecular weight is 770 g/mol. The number of carbonyl (C=O) groups excluding carboxylic acids is 2. The molecule has 280 valence electrons. The van der Waals surface area contributed by atoms with E-state index in [1.54, 1.807) is 19.2 Å². The van der Waals surface area contributed by atoms with Crippen LogP contribution in [0.25, 0.3) is 0 Å². The van der Waals surface area contributed by atoms with Gasteiger partial charge in [0.05, 0.1) is 30.4 Å². The number of fused-ring (bicyclic) bond motifs is 2. The van der Waals surface area contributed by atoms with Gasteiger partial charge in [-0.15, -0.1) is 0 Å². The second-order valence-electron chi connectivity index (χ2n) is 13.1. The predicted molar refractivity (Wildman–Crippen MR) is 213 cm³/mol. The lowest BCUT2D eigenvalue weighted by Gasteiger charge is -2.30. The molecule has 1 aromatic rings. The number of hydrogen-bond acceptors (Lipinski definition) is 12. The molecule has 3 heterocycles. The highest BCUT2D eigenvalue weighted by Crippen LogP contribution is 2.50. The van der Waals surface area contributed by atoms with Crippen molar-refractivity contribution in [3.8, 4) is 0 Å². The first-order valence-electron chi connectivity index (χ1n) is 16.8.